The van der Waals surface area contributed by atoms with Crippen molar-refractivity contribution in [3.05, 3.63) is 0 Å². The Hall–Kier alpha value is -0.650. The zero-order chi connectivity index (χ0) is 13.5. The van der Waals surface area contributed by atoms with Crippen molar-refractivity contribution in [1.82, 2.24) is 0 Å². The highest BCUT2D eigenvalue weighted by molar-refractivity contribution is 5.67. The standard InChI is InChI=1S/C12H25NO4/c1-11(2,5-6-13)16-7-8-17-12(3,4)9-10(14)15/h5-9,13H2,1-4H3,(H,14,15). The van der Waals surface area contributed by atoms with Gasteiger partial charge in [0.25, 0.3) is 0 Å². The van der Waals surface area contributed by atoms with Gasteiger partial charge in [-0.2, -0.15) is 0 Å². The largest absolute Gasteiger partial charge is 0.481 e. The molecule has 3 N–H and O–H groups in total. The van der Waals surface area contributed by atoms with Crippen LogP contribution in [0.3, 0.4) is 0 Å². The number of carbonyl (C=O) groups is 1. The van der Waals surface area contributed by atoms with Gasteiger partial charge >= 0.3 is 5.97 Å². The third-order valence-corrected chi connectivity index (χ3v) is 2.39. The molecule has 0 rings (SSSR count). The van der Waals surface area contributed by atoms with Gasteiger partial charge in [-0.3, -0.25) is 4.79 Å². The molecule has 0 aromatic heterocycles. The summed E-state index contributed by atoms with van der Waals surface area (Å²) in [6, 6.07) is 0. The van der Waals surface area contributed by atoms with Gasteiger partial charge in [0.1, 0.15) is 0 Å². The summed E-state index contributed by atoms with van der Waals surface area (Å²) >= 11 is 0. The second-order valence-corrected chi connectivity index (χ2v) is 5.33. The Morgan fingerprint density at radius 2 is 1.59 bits per heavy atom. The first kappa shape index (κ1) is 16.4. The molecule has 0 saturated carbocycles. The normalized spacial score (nSPS) is 12.8. The Morgan fingerprint density at radius 1 is 1.12 bits per heavy atom. The van der Waals surface area contributed by atoms with E-state index < -0.39 is 11.6 Å². The van der Waals surface area contributed by atoms with E-state index >= 15 is 0 Å². The molecule has 5 heteroatoms. The third-order valence-electron chi connectivity index (χ3n) is 2.39. The maximum absolute atomic E-state index is 10.6. The molecule has 0 heterocycles. The Kier molecular flexibility index (Phi) is 6.67. The third kappa shape index (κ3) is 9.09. The minimum Gasteiger partial charge on any atom is -0.481 e. The Labute approximate surface area is 103 Å². The molecule has 17 heavy (non-hydrogen) atoms. The average Bonchev–Trinajstić information content (AvgIpc) is 2.10. The summed E-state index contributed by atoms with van der Waals surface area (Å²) in [6.45, 7) is 8.87. The number of hydrogen-bond donors (Lipinski definition) is 2. The van der Waals surface area contributed by atoms with Gasteiger partial charge in [-0.25, -0.2) is 0 Å². The van der Waals surface area contributed by atoms with Crippen molar-refractivity contribution in [3.8, 4) is 0 Å². The van der Waals surface area contributed by atoms with Crippen LogP contribution < -0.4 is 5.73 Å². The van der Waals surface area contributed by atoms with Crippen molar-refractivity contribution < 1.29 is 19.4 Å². The first-order valence-corrected chi connectivity index (χ1v) is 5.88. The quantitative estimate of drug-likeness (QED) is 0.602. The Morgan fingerprint density at radius 3 is 2.00 bits per heavy atom. The predicted molar refractivity (Wildman–Crippen MR) is 66.0 cm³/mol. The lowest BCUT2D eigenvalue weighted by Gasteiger charge is -2.27. The van der Waals surface area contributed by atoms with Crippen LogP contribution in [0.25, 0.3) is 0 Å². The molecule has 0 spiro atoms. The van der Waals surface area contributed by atoms with Gasteiger partial charge in [-0.05, 0) is 40.7 Å². The monoisotopic (exact) mass is 247 g/mol. The molecule has 0 radical (unpaired) electrons. The number of carboxylic acids is 1. The second kappa shape index (κ2) is 6.93. The second-order valence-electron chi connectivity index (χ2n) is 5.33. The van der Waals surface area contributed by atoms with Gasteiger partial charge in [0.05, 0.1) is 30.8 Å². The van der Waals surface area contributed by atoms with Crippen molar-refractivity contribution >= 4 is 5.97 Å². The van der Waals surface area contributed by atoms with Gasteiger partial charge in [-0.15, -0.1) is 0 Å². The van der Waals surface area contributed by atoms with E-state index in [1.807, 2.05) is 13.8 Å². The Bertz CT molecular complexity index is 239. The lowest BCUT2D eigenvalue weighted by molar-refractivity contribution is -0.145. The van der Waals surface area contributed by atoms with E-state index in [1.165, 1.54) is 0 Å². The molecule has 0 aliphatic rings. The first-order valence-electron chi connectivity index (χ1n) is 5.88. The molecule has 0 aliphatic carbocycles. The predicted octanol–water partition coefficient (Wildman–Crippen LogP) is 1.40. The fourth-order valence-electron chi connectivity index (χ4n) is 1.47. The van der Waals surface area contributed by atoms with Crippen molar-refractivity contribution in [2.75, 3.05) is 19.8 Å². The van der Waals surface area contributed by atoms with Crippen LogP contribution in [-0.4, -0.2) is 42.0 Å². The summed E-state index contributed by atoms with van der Waals surface area (Å²) < 4.78 is 11.1. The van der Waals surface area contributed by atoms with Crippen LogP contribution in [0.4, 0.5) is 0 Å². The van der Waals surface area contributed by atoms with Crippen LogP contribution in [-0.2, 0) is 14.3 Å². The SMILES string of the molecule is CC(C)(CCN)OCCOC(C)(C)CC(=O)O. The van der Waals surface area contributed by atoms with Crippen molar-refractivity contribution in [1.29, 1.82) is 0 Å². The molecule has 0 atom stereocenters. The number of aliphatic carboxylic acids is 1. The zero-order valence-corrected chi connectivity index (χ0v) is 11.3. The molecule has 0 aliphatic heterocycles. The highest BCUT2D eigenvalue weighted by atomic mass is 16.5. The van der Waals surface area contributed by atoms with Crippen LogP contribution in [0.15, 0.2) is 0 Å². The van der Waals surface area contributed by atoms with E-state index in [-0.39, 0.29) is 12.0 Å². The maximum atomic E-state index is 10.6. The first-order chi connectivity index (χ1) is 7.68. The smallest absolute Gasteiger partial charge is 0.306 e. The van der Waals surface area contributed by atoms with Gasteiger partial charge < -0.3 is 20.3 Å². The zero-order valence-electron chi connectivity index (χ0n) is 11.3. The summed E-state index contributed by atoms with van der Waals surface area (Å²) in [6.07, 6.45) is 0.769. The van der Waals surface area contributed by atoms with E-state index in [9.17, 15) is 4.79 Å². The van der Waals surface area contributed by atoms with Crippen LogP contribution in [0.2, 0.25) is 0 Å². The van der Waals surface area contributed by atoms with E-state index in [4.69, 9.17) is 20.3 Å². The lowest BCUT2D eigenvalue weighted by Crippen LogP contribution is -2.32. The molecule has 0 aromatic carbocycles. The fraction of sp³-hybridized carbons (Fsp3) is 0.917. The molecule has 0 fully saturated rings. The van der Waals surface area contributed by atoms with Gasteiger partial charge in [0, 0.05) is 0 Å². The molecule has 0 aromatic rings. The van der Waals surface area contributed by atoms with E-state index in [1.54, 1.807) is 13.8 Å². The van der Waals surface area contributed by atoms with Crippen LogP contribution in [0.5, 0.6) is 0 Å². The highest BCUT2D eigenvalue weighted by Gasteiger charge is 2.23. The van der Waals surface area contributed by atoms with Gasteiger partial charge in [0.15, 0.2) is 0 Å². The van der Waals surface area contributed by atoms with Crippen LogP contribution in [0, 0.1) is 0 Å². The van der Waals surface area contributed by atoms with Crippen LogP contribution >= 0.6 is 0 Å². The molecule has 5 nitrogen and oxygen atoms in total. The summed E-state index contributed by atoms with van der Waals surface area (Å²) in [7, 11) is 0. The van der Waals surface area contributed by atoms with E-state index in [2.05, 4.69) is 0 Å². The molecular formula is C12H25NO4. The molecule has 102 valence electrons. The molecule has 0 amide bonds. The van der Waals surface area contributed by atoms with E-state index in [0.29, 0.717) is 19.8 Å². The molecule has 0 bridgehead atoms. The number of ether oxygens (including phenoxy) is 2. The van der Waals surface area contributed by atoms with Gasteiger partial charge in [-0.1, -0.05) is 0 Å². The summed E-state index contributed by atoms with van der Waals surface area (Å²) in [5.41, 5.74) is 4.55. The van der Waals surface area contributed by atoms with Crippen molar-refractivity contribution in [2.45, 2.75) is 51.7 Å². The minimum absolute atomic E-state index is 0.0147. The van der Waals surface area contributed by atoms with E-state index in [0.717, 1.165) is 6.42 Å². The molecule has 0 saturated heterocycles. The number of rotatable bonds is 9. The maximum Gasteiger partial charge on any atom is 0.306 e. The topological polar surface area (TPSA) is 81.8 Å². The highest BCUT2D eigenvalue weighted by Crippen LogP contribution is 2.16. The molecule has 0 unspecified atom stereocenters. The molecular weight excluding hydrogens is 222 g/mol. The average molecular weight is 247 g/mol. The number of carboxylic acid groups (broad SMARTS) is 1. The Balaban J connectivity index is 3.80. The van der Waals surface area contributed by atoms with Crippen molar-refractivity contribution in [3.63, 3.8) is 0 Å². The van der Waals surface area contributed by atoms with Crippen LogP contribution in [0.1, 0.15) is 40.5 Å². The number of hydrogen-bond acceptors (Lipinski definition) is 4. The van der Waals surface area contributed by atoms with Gasteiger partial charge in [0.2, 0.25) is 0 Å². The van der Waals surface area contributed by atoms with Crippen molar-refractivity contribution in [2.24, 2.45) is 5.73 Å². The fourth-order valence-corrected chi connectivity index (χ4v) is 1.47. The number of nitrogens with two attached hydrogens (primary N) is 1. The lowest BCUT2D eigenvalue weighted by atomic mass is 10.1. The minimum atomic E-state index is -0.862. The summed E-state index contributed by atoms with van der Waals surface area (Å²) in [5, 5.41) is 8.68. The summed E-state index contributed by atoms with van der Waals surface area (Å²) in [4.78, 5) is 10.6. The summed E-state index contributed by atoms with van der Waals surface area (Å²) in [5.74, 6) is -0.862.